The van der Waals surface area contributed by atoms with Gasteiger partial charge >= 0.3 is 6.09 Å². The highest BCUT2D eigenvalue weighted by atomic mass is 79.9. The van der Waals surface area contributed by atoms with Gasteiger partial charge in [0, 0.05) is 30.4 Å². The van der Waals surface area contributed by atoms with Crippen molar-refractivity contribution >= 4 is 27.8 Å². The summed E-state index contributed by atoms with van der Waals surface area (Å²) in [5.74, 6) is 0.997. The minimum atomic E-state index is -0.370. The van der Waals surface area contributed by atoms with Crippen molar-refractivity contribution in [1.82, 2.24) is 4.98 Å². The molecule has 1 aromatic heterocycles. The van der Waals surface area contributed by atoms with E-state index in [1.807, 2.05) is 42.5 Å². The third kappa shape index (κ3) is 5.28. The van der Waals surface area contributed by atoms with Gasteiger partial charge in [0.25, 0.3) is 0 Å². The Morgan fingerprint density at radius 1 is 1.20 bits per heavy atom. The van der Waals surface area contributed by atoms with Crippen molar-refractivity contribution in [2.24, 2.45) is 5.92 Å². The smallest absolute Gasteiger partial charge is 0.415 e. The fraction of sp³-hybridized carbons (Fsp3) is 0.368. The fourth-order valence-corrected chi connectivity index (χ4v) is 3.01. The van der Waals surface area contributed by atoms with Crippen molar-refractivity contribution in [2.45, 2.75) is 19.4 Å². The first-order chi connectivity index (χ1) is 12.2. The predicted octanol–water partition coefficient (Wildman–Crippen LogP) is 4.41. The van der Waals surface area contributed by atoms with Crippen LogP contribution in [-0.2, 0) is 16.1 Å². The van der Waals surface area contributed by atoms with E-state index in [0.717, 1.165) is 36.1 Å². The highest BCUT2D eigenvalue weighted by Gasteiger charge is 2.24. The van der Waals surface area contributed by atoms with Gasteiger partial charge in [0.2, 0.25) is 0 Å². The Bertz CT molecular complexity index is 673. The van der Waals surface area contributed by atoms with Crippen molar-refractivity contribution in [1.29, 1.82) is 0 Å². The van der Waals surface area contributed by atoms with E-state index < -0.39 is 0 Å². The van der Waals surface area contributed by atoms with Crippen LogP contribution in [0.3, 0.4) is 0 Å². The van der Waals surface area contributed by atoms with Gasteiger partial charge in [0.1, 0.15) is 12.4 Å². The second-order valence-corrected chi connectivity index (χ2v) is 6.96. The summed E-state index contributed by atoms with van der Waals surface area (Å²) < 4.78 is 11.8. The predicted molar refractivity (Wildman–Crippen MR) is 99.5 cm³/mol. The third-order valence-corrected chi connectivity index (χ3v) is 4.66. The monoisotopic (exact) mass is 404 g/mol. The molecule has 132 valence electrons. The molecule has 0 aliphatic carbocycles. The highest BCUT2D eigenvalue weighted by Crippen LogP contribution is 2.22. The molecule has 0 N–H and O–H groups in total. The maximum atomic E-state index is 12.7. The molecular weight excluding hydrogens is 384 g/mol. The van der Waals surface area contributed by atoms with Gasteiger partial charge in [-0.3, -0.25) is 4.90 Å². The third-order valence-electron chi connectivity index (χ3n) is 4.20. The van der Waals surface area contributed by atoms with Crippen molar-refractivity contribution in [2.75, 3.05) is 24.7 Å². The summed E-state index contributed by atoms with van der Waals surface area (Å²) in [6.45, 7) is 2.32. The number of pyridine rings is 1. The van der Waals surface area contributed by atoms with E-state index >= 15 is 0 Å². The molecule has 1 aliphatic rings. The number of rotatable bonds is 5. The minimum absolute atomic E-state index is 0.250. The molecule has 5 nitrogen and oxygen atoms in total. The molecule has 0 atom stereocenters. The summed E-state index contributed by atoms with van der Waals surface area (Å²) in [6, 6.07) is 13.4. The SMILES string of the molecule is O=C(OCc1ccccc1)N(CC1CCOCC1)c1ccc(Br)cn1. The lowest BCUT2D eigenvalue weighted by Gasteiger charge is -2.28. The van der Waals surface area contributed by atoms with E-state index in [4.69, 9.17) is 9.47 Å². The van der Waals surface area contributed by atoms with Gasteiger partial charge in [-0.1, -0.05) is 30.3 Å². The van der Waals surface area contributed by atoms with Gasteiger partial charge in [-0.2, -0.15) is 0 Å². The van der Waals surface area contributed by atoms with Crippen molar-refractivity contribution in [3.63, 3.8) is 0 Å². The molecule has 2 aromatic rings. The standard InChI is InChI=1S/C19H21BrN2O3/c20-17-6-7-18(21-12-17)22(13-15-8-10-24-11-9-15)19(23)25-14-16-4-2-1-3-5-16/h1-7,12,15H,8-11,13-14H2. The van der Waals surface area contributed by atoms with Crippen LogP contribution in [0.5, 0.6) is 0 Å². The number of benzene rings is 1. The molecule has 1 aliphatic heterocycles. The van der Waals surface area contributed by atoms with Gasteiger partial charge in [-0.05, 0) is 52.4 Å². The Balaban J connectivity index is 1.70. The zero-order chi connectivity index (χ0) is 17.5. The number of carbonyl (C=O) groups excluding carboxylic acids is 1. The molecule has 0 bridgehead atoms. The quantitative estimate of drug-likeness (QED) is 0.740. The first kappa shape index (κ1) is 17.9. The van der Waals surface area contributed by atoms with Gasteiger partial charge in [0.05, 0.1) is 0 Å². The number of hydrogen-bond acceptors (Lipinski definition) is 4. The lowest BCUT2D eigenvalue weighted by atomic mass is 10.00. The molecule has 3 rings (SSSR count). The number of halogens is 1. The Morgan fingerprint density at radius 3 is 2.64 bits per heavy atom. The molecule has 2 heterocycles. The van der Waals surface area contributed by atoms with E-state index in [1.165, 1.54) is 0 Å². The van der Waals surface area contributed by atoms with E-state index in [0.29, 0.717) is 18.3 Å². The Hall–Kier alpha value is -1.92. The fourth-order valence-electron chi connectivity index (χ4n) is 2.77. The maximum Gasteiger partial charge on any atom is 0.415 e. The summed E-state index contributed by atoms with van der Waals surface area (Å²) in [7, 11) is 0. The van der Waals surface area contributed by atoms with Gasteiger partial charge in [0.15, 0.2) is 0 Å². The number of nitrogens with zero attached hydrogens (tertiary/aromatic N) is 2. The van der Waals surface area contributed by atoms with Crippen LogP contribution in [0.15, 0.2) is 53.1 Å². The first-order valence-corrected chi connectivity index (χ1v) is 9.19. The number of amides is 1. The number of ether oxygens (including phenoxy) is 2. The molecule has 0 spiro atoms. The van der Waals surface area contributed by atoms with Crippen LogP contribution in [0.25, 0.3) is 0 Å². The van der Waals surface area contributed by atoms with Crippen molar-refractivity contribution in [3.05, 3.63) is 58.7 Å². The molecule has 6 heteroatoms. The van der Waals surface area contributed by atoms with Crippen LogP contribution < -0.4 is 4.90 Å². The van der Waals surface area contributed by atoms with Crippen LogP contribution in [0.4, 0.5) is 10.6 Å². The summed E-state index contributed by atoms with van der Waals surface area (Å²) in [5.41, 5.74) is 0.964. The molecule has 1 saturated heterocycles. The summed E-state index contributed by atoms with van der Waals surface area (Å²) >= 11 is 3.38. The molecule has 0 saturated carbocycles. The Labute approximate surface area is 156 Å². The van der Waals surface area contributed by atoms with Gasteiger partial charge in [-0.15, -0.1) is 0 Å². The zero-order valence-corrected chi connectivity index (χ0v) is 15.5. The number of aromatic nitrogens is 1. The number of carbonyl (C=O) groups is 1. The molecule has 1 aromatic carbocycles. The van der Waals surface area contributed by atoms with E-state index in [2.05, 4.69) is 20.9 Å². The average Bonchev–Trinajstić information content (AvgIpc) is 2.67. The number of hydrogen-bond donors (Lipinski definition) is 0. The normalized spacial score (nSPS) is 14.9. The van der Waals surface area contributed by atoms with Crippen molar-refractivity contribution < 1.29 is 14.3 Å². The topological polar surface area (TPSA) is 51.7 Å². The lowest BCUT2D eigenvalue weighted by Crippen LogP contribution is -2.38. The van der Waals surface area contributed by atoms with Crippen molar-refractivity contribution in [3.8, 4) is 0 Å². The molecule has 0 radical (unpaired) electrons. The zero-order valence-electron chi connectivity index (χ0n) is 13.9. The largest absolute Gasteiger partial charge is 0.444 e. The average molecular weight is 405 g/mol. The minimum Gasteiger partial charge on any atom is -0.444 e. The van der Waals surface area contributed by atoms with E-state index in [-0.39, 0.29) is 12.7 Å². The Morgan fingerprint density at radius 2 is 1.96 bits per heavy atom. The van der Waals surface area contributed by atoms with Crippen LogP contribution in [0.1, 0.15) is 18.4 Å². The maximum absolute atomic E-state index is 12.7. The van der Waals surface area contributed by atoms with Gasteiger partial charge < -0.3 is 9.47 Å². The van der Waals surface area contributed by atoms with E-state index in [1.54, 1.807) is 11.1 Å². The molecule has 1 amide bonds. The highest BCUT2D eigenvalue weighted by molar-refractivity contribution is 9.10. The van der Waals surface area contributed by atoms with Gasteiger partial charge in [-0.25, -0.2) is 9.78 Å². The lowest BCUT2D eigenvalue weighted by molar-refractivity contribution is 0.0672. The summed E-state index contributed by atoms with van der Waals surface area (Å²) in [5, 5.41) is 0. The molecule has 0 unspecified atom stereocenters. The second kappa shape index (κ2) is 8.97. The number of anilines is 1. The molecular formula is C19H21BrN2O3. The molecule has 25 heavy (non-hydrogen) atoms. The summed E-state index contributed by atoms with van der Waals surface area (Å²) in [6.07, 6.45) is 3.21. The summed E-state index contributed by atoms with van der Waals surface area (Å²) in [4.78, 5) is 18.7. The second-order valence-electron chi connectivity index (χ2n) is 6.04. The van der Waals surface area contributed by atoms with Crippen LogP contribution in [0, 0.1) is 5.92 Å². The molecule has 1 fully saturated rings. The van der Waals surface area contributed by atoms with Crippen LogP contribution >= 0.6 is 15.9 Å². The Kier molecular flexibility index (Phi) is 6.42. The van der Waals surface area contributed by atoms with Crippen LogP contribution in [0.2, 0.25) is 0 Å². The van der Waals surface area contributed by atoms with E-state index in [9.17, 15) is 4.79 Å². The first-order valence-electron chi connectivity index (χ1n) is 8.40. The van der Waals surface area contributed by atoms with Crippen LogP contribution in [-0.4, -0.2) is 30.8 Å².